The van der Waals surface area contributed by atoms with Crippen LogP contribution >= 0.6 is 0 Å². The molecular weight excluding hydrogens is 330 g/mol. The summed E-state index contributed by atoms with van der Waals surface area (Å²) >= 11 is 0. The maximum Gasteiger partial charge on any atom is 0.231 e. The molecule has 6 nitrogen and oxygen atoms in total. The zero-order valence-corrected chi connectivity index (χ0v) is 15.5. The van der Waals surface area contributed by atoms with E-state index < -0.39 is 0 Å². The van der Waals surface area contributed by atoms with E-state index in [0.717, 1.165) is 49.0 Å². The van der Waals surface area contributed by atoms with Gasteiger partial charge in [-0.1, -0.05) is 13.0 Å². The van der Waals surface area contributed by atoms with Gasteiger partial charge in [0.1, 0.15) is 5.76 Å². The second-order valence-corrected chi connectivity index (χ2v) is 6.38. The van der Waals surface area contributed by atoms with Crippen LogP contribution in [0.25, 0.3) is 0 Å². The highest BCUT2D eigenvalue weighted by molar-refractivity contribution is 5.80. The predicted octanol–water partition coefficient (Wildman–Crippen LogP) is 3.13. The summed E-state index contributed by atoms with van der Waals surface area (Å²) < 4.78 is 16.1. The number of nitrogens with one attached hydrogen (secondary N) is 2. The monoisotopic (exact) mass is 357 g/mol. The van der Waals surface area contributed by atoms with E-state index in [2.05, 4.69) is 35.5 Å². The Morgan fingerprint density at radius 3 is 2.88 bits per heavy atom. The fraction of sp³-hybridized carbons (Fsp3) is 0.450. The first-order valence-electron chi connectivity index (χ1n) is 9.20. The first-order chi connectivity index (χ1) is 12.7. The molecule has 1 atom stereocenters. The molecule has 2 aromatic rings. The Balaban J connectivity index is 1.51. The highest BCUT2D eigenvalue weighted by atomic mass is 16.7. The molecule has 0 bridgehead atoms. The Morgan fingerprint density at radius 1 is 1.19 bits per heavy atom. The number of rotatable bonds is 8. The van der Waals surface area contributed by atoms with Crippen LogP contribution in [0.1, 0.15) is 31.6 Å². The minimum Gasteiger partial charge on any atom is -0.469 e. The lowest BCUT2D eigenvalue weighted by atomic mass is 10.1. The van der Waals surface area contributed by atoms with Crippen LogP contribution < -0.4 is 20.1 Å². The lowest BCUT2D eigenvalue weighted by molar-refractivity contribution is 0.174. The molecule has 0 saturated carbocycles. The number of guanidine groups is 1. The third-order valence-corrected chi connectivity index (χ3v) is 4.35. The van der Waals surface area contributed by atoms with Crippen molar-refractivity contribution < 1.29 is 13.9 Å². The Labute approximate surface area is 154 Å². The van der Waals surface area contributed by atoms with Crippen molar-refractivity contribution in [3.8, 4) is 11.5 Å². The molecule has 6 heteroatoms. The molecular formula is C20H27N3O3. The van der Waals surface area contributed by atoms with Crippen LogP contribution in [0, 0.1) is 0 Å². The van der Waals surface area contributed by atoms with Crippen molar-refractivity contribution in [1.82, 2.24) is 10.6 Å². The Bertz CT molecular complexity index is 713. The first kappa shape index (κ1) is 18.2. The maximum absolute atomic E-state index is 5.43. The van der Waals surface area contributed by atoms with E-state index >= 15 is 0 Å². The number of aliphatic imine (C=N–C) groups is 1. The SMILES string of the molecule is CCC(C)NC(=NCCc1ccco1)NCCc1ccc2c(c1)OCO2. The summed E-state index contributed by atoms with van der Waals surface area (Å²) in [7, 11) is 0. The second kappa shape index (κ2) is 9.17. The molecule has 0 fully saturated rings. The second-order valence-electron chi connectivity index (χ2n) is 6.38. The molecule has 2 heterocycles. The van der Waals surface area contributed by atoms with Gasteiger partial charge in [-0.2, -0.15) is 0 Å². The summed E-state index contributed by atoms with van der Waals surface area (Å²) in [5.74, 6) is 3.44. The normalized spacial score (nSPS) is 14.3. The number of hydrogen-bond donors (Lipinski definition) is 2. The average Bonchev–Trinajstić information content (AvgIpc) is 3.32. The van der Waals surface area contributed by atoms with Gasteiger partial charge in [0, 0.05) is 25.6 Å². The summed E-state index contributed by atoms with van der Waals surface area (Å²) in [5.41, 5.74) is 1.21. The van der Waals surface area contributed by atoms with Crippen molar-refractivity contribution >= 4 is 5.96 Å². The number of ether oxygens (including phenoxy) is 2. The molecule has 1 aromatic heterocycles. The van der Waals surface area contributed by atoms with Gasteiger partial charge < -0.3 is 24.5 Å². The summed E-state index contributed by atoms with van der Waals surface area (Å²) in [6.07, 6.45) is 4.42. The van der Waals surface area contributed by atoms with Crippen molar-refractivity contribution in [3.63, 3.8) is 0 Å². The van der Waals surface area contributed by atoms with Crippen LogP contribution in [-0.2, 0) is 12.8 Å². The molecule has 2 N–H and O–H groups in total. The van der Waals surface area contributed by atoms with Crippen LogP contribution in [0.3, 0.4) is 0 Å². The van der Waals surface area contributed by atoms with Crippen molar-refractivity contribution in [1.29, 1.82) is 0 Å². The van der Waals surface area contributed by atoms with Gasteiger partial charge in [-0.25, -0.2) is 0 Å². The molecule has 140 valence electrons. The standard InChI is InChI=1S/C20H27N3O3/c1-3-15(2)23-20(22-11-9-17-5-4-12-24-17)21-10-8-16-6-7-18-19(13-16)26-14-25-18/h4-7,12-13,15H,3,8-11,14H2,1-2H3,(H2,21,22,23). The summed E-state index contributed by atoms with van der Waals surface area (Å²) in [5, 5.41) is 6.86. The summed E-state index contributed by atoms with van der Waals surface area (Å²) in [6, 6.07) is 10.3. The van der Waals surface area contributed by atoms with Crippen molar-refractivity contribution in [2.24, 2.45) is 4.99 Å². The number of hydrogen-bond acceptors (Lipinski definition) is 4. The van der Waals surface area contributed by atoms with Gasteiger partial charge >= 0.3 is 0 Å². The third-order valence-electron chi connectivity index (χ3n) is 4.35. The van der Waals surface area contributed by atoms with Gasteiger partial charge in [-0.3, -0.25) is 4.99 Å². The molecule has 1 aliphatic rings. The predicted molar refractivity (Wildman–Crippen MR) is 102 cm³/mol. The van der Waals surface area contributed by atoms with Gasteiger partial charge in [0.05, 0.1) is 6.26 Å². The van der Waals surface area contributed by atoms with Gasteiger partial charge in [-0.15, -0.1) is 0 Å². The van der Waals surface area contributed by atoms with Crippen LogP contribution in [-0.4, -0.2) is 31.9 Å². The molecule has 0 aliphatic carbocycles. The summed E-state index contributed by atoms with van der Waals surface area (Å²) in [4.78, 5) is 4.67. The average molecular weight is 357 g/mol. The van der Waals surface area contributed by atoms with Gasteiger partial charge in [-0.05, 0) is 49.6 Å². The minimum atomic E-state index is 0.308. The molecule has 3 rings (SSSR count). The lowest BCUT2D eigenvalue weighted by Gasteiger charge is -2.17. The molecule has 0 saturated heterocycles. The van der Waals surface area contributed by atoms with Crippen LogP contribution in [0.15, 0.2) is 46.0 Å². The van der Waals surface area contributed by atoms with Crippen molar-refractivity contribution in [3.05, 3.63) is 47.9 Å². The number of fused-ring (bicyclic) bond motifs is 1. The van der Waals surface area contributed by atoms with E-state index in [9.17, 15) is 0 Å². The largest absolute Gasteiger partial charge is 0.469 e. The van der Waals surface area contributed by atoms with E-state index in [1.54, 1.807) is 6.26 Å². The van der Waals surface area contributed by atoms with E-state index in [4.69, 9.17) is 13.9 Å². The molecule has 0 spiro atoms. The van der Waals surface area contributed by atoms with E-state index in [-0.39, 0.29) is 0 Å². The molecule has 1 aromatic carbocycles. The number of benzene rings is 1. The highest BCUT2D eigenvalue weighted by Gasteiger charge is 2.13. The smallest absolute Gasteiger partial charge is 0.231 e. The number of furan rings is 1. The van der Waals surface area contributed by atoms with E-state index in [1.807, 2.05) is 24.3 Å². The molecule has 0 radical (unpaired) electrons. The van der Waals surface area contributed by atoms with Crippen molar-refractivity contribution in [2.45, 2.75) is 39.2 Å². The highest BCUT2D eigenvalue weighted by Crippen LogP contribution is 2.32. The molecule has 1 aliphatic heterocycles. The first-order valence-corrected chi connectivity index (χ1v) is 9.20. The zero-order valence-electron chi connectivity index (χ0n) is 15.5. The van der Waals surface area contributed by atoms with Crippen LogP contribution in [0.5, 0.6) is 11.5 Å². The van der Waals surface area contributed by atoms with Gasteiger partial charge in [0.25, 0.3) is 0 Å². The van der Waals surface area contributed by atoms with Gasteiger partial charge in [0.2, 0.25) is 6.79 Å². The lowest BCUT2D eigenvalue weighted by Crippen LogP contribution is -2.43. The zero-order chi connectivity index (χ0) is 18.2. The fourth-order valence-electron chi connectivity index (χ4n) is 2.64. The topological polar surface area (TPSA) is 68.0 Å². The Kier molecular flexibility index (Phi) is 6.41. The maximum atomic E-state index is 5.43. The van der Waals surface area contributed by atoms with Crippen LogP contribution in [0.4, 0.5) is 0 Å². The number of nitrogens with zero attached hydrogens (tertiary/aromatic N) is 1. The third kappa shape index (κ3) is 5.18. The molecule has 26 heavy (non-hydrogen) atoms. The van der Waals surface area contributed by atoms with Crippen LogP contribution in [0.2, 0.25) is 0 Å². The fourth-order valence-corrected chi connectivity index (χ4v) is 2.64. The molecule has 1 unspecified atom stereocenters. The Morgan fingerprint density at radius 2 is 2.08 bits per heavy atom. The quantitative estimate of drug-likeness (QED) is 0.561. The van der Waals surface area contributed by atoms with Crippen molar-refractivity contribution in [2.75, 3.05) is 19.9 Å². The Hall–Kier alpha value is -2.63. The van der Waals surface area contributed by atoms with Gasteiger partial charge in [0.15, 0.2) is 17.5 Å². The minimum absolute atomic E-state index is 0.308. The van der Waals surface area contributed by atoms with E-state index in [1.165, 1.54) is 5.56 Å². The summed E-state index contributed by atoms with van der Waals surface area (Å²) in [6.45, 7) is 6.10. The molecule has 0 amide bonds. The van der Waals surface area contributed by atoms with E-state index in [0.29, 0.717) is 19.4 Å².